The van der Waals surface area contributed by atoms with Crippen LogP contribution in [0.25, 0.3) is 0 Å². The fourth-order valence-electron chi connectivity index (χ4n) is 2.58. The van der Waals surface area contributed by atoms with Crippen molar-refractivity contribution in [2.24, 2.45) is 5.73 Å². The monoisotopic (exact) mass is 253 g/mol. The van der Waals surface area contributed by atoms with Crippen molar-refractivity contribution in [3.05, 3.63) is 69.3 Å². The van der Waals surface area contributed by atoms with Gasteiger partial charge in [-0.3, -0.25) is 0 Å². The molecule has 0 saturated carbocycles. The van der Waals surface area contributed by atoms with Gasteiger partial charge in [-0.15, -0.1) is 0 Å². The molecule has 2 aromatic carbocycles. The molecule has 0 amide bonds. The number of rotatable bonds is 2. The molecule has 0 fully saturated rings. The van der Waals surface area contributed by atoms with E-state index in [-0.39, 0.29) is 6.04 Å². The van der Waals surface area contributed by atoms with Crippen LogP contribution in [0.5, 0.6) is 0 Å². The quantitative estimate of drug-likeness (QED) is 0.849. The van der Waals surface area contributed by atoms with Gasteiger partial charge in [-0.1, -0.05) is 35.9 Å². The average molecular weight is 253 g/mol. The first kappa shape index (κ1) is 13.8. The third-order valence-corrected chi connectivity index (χ3v) is 3.99. The third-order valence-electron chi connectivity index (χ3n) is 3.99. The van der Waals surface area contributed by atoms with Gasteiger partial charge in [0.05, 0.1) is 6.04 Å². The SMILES string of the molecule is Cc1ccc(C)c(C(N)c2cc(C)c(C)cc2C)c1. The molecule has 0 saturated heterocycles. The first-order valence-electron chi connectivity index (χ1n) is 6.80. The van der Waals surface area contributed by atoms with E-state index in [1.165, 1.54) is 38.9 Å². The molecule has 19 heavy (non-hydrogen) atoms. The van der Waals surface area contributed by atoms with E-state index in [1.807, 2.05) is 0 Å². The van der Waals surface area contributed by atoms with Crippen molar-refractivity contribution in [2.45, 2.75) is 40.7 Å². The fraction of sp³-hybridized carbons (Fsp3) is 0.333. The summed E-state index contributed by atoms with van der Waals surface area (Å²) in [5.41, 5.74) is 15.4. The van der Waals surface area contributed by atoms with E-state index < -0.39 is 0 Å². The van der Waals surface area contributed by atoms with Gasteiger partial charge in [0.25, 0.3) is 0 Å². The van der Waals surface area contributed by atoms with Crippen molar-refractivity contribution >= 4 is 0 Å². The van der Waals surface area contributed by atoms with E-state index in [0.717, 1.165) is 0 Å². The van der Waals surface area contributed by atoms with E-state index in [4.69, 9.17) is 5.73 Å². The fourth-order valence-corrected chi connectivity index (χ4v) is 2.58. The zero-order valence-electron chi connectivity index (χ0n) is 12.5. The summed E-state index contributed by atoms with van der Waals surface area (Å²) in [5, 5.41) is 0. The maximum Gasteiger partial charge on any atom is 0.0557 e. The lowest BCUT2D eigenvalue weighted by Gasteiger charge is -2.19. The van der Waals surface area contributed by atoms with E-state index in [1.54, 1.807) is 0 Å². The maximum atomic E-state index is 6.51. The van der Waals surface area contributed by atoms with E-state index in [9.17, 15) is 0 Å². The van der Waals surface area contributed by atoms with Crippen molar-refractivity contribution < 1.29 is 0 Å². The molecular formula is C18H23N. The van der Waals surface area contributed by atoms with Gasteiger partial charge in [0.15, 0.2) is 0 Å². The number of aryl methyl sites for hydroxylation is 5. The predicted octanol–water partition coefficient (Wildman–Crippen LogP) is 4.28. The molecule has 0 aliphatic heterocycles. The van der Waals surface area contributed by atoms with E-state index in [0.29, 0.717) is 0 Å². The van der Waals surface area contributed by atoms with Crippen molar-refractivity contribution in [1.82, 2.24) is 0 Å². The smallest absolute Gasteiger partial charge is 0.0557 e. The summed E-state index contributed by atoms with van der Waals surface area (Å²) in [6.45, 7) is 10.7. The van der Waals surface area contributed by atoms with Gasteiger partial charge in [-0.05, 0) is 68.0 Å². The number of hydrogen-bond acceptors (Lipinski definition) is 1. The minimum atomic E-state index is -0.0424. The summed E-state index contributed by atoms with van der Waals surface area (Å²) in [5.74, 6) is 0. The van der Waals surface area contributed by atoms with Gasteiger partial charge in [0.1, 0.15) is 0 Å². The highest BCUT2D eigenvalue weighted by Crippen LogP contribution is 2.27. The number of benzene rings is 2. The van der Waals surface area contributed by atoms with E-state index >= 15 is 0 Å². The van der Waals surface area contributed by atoms with Crippen molar-refractivity contribution in [3.8, 4) is 0 Å². The largest absolute Gasteiger partial charge is 0.320 e. The van der Waals surface area contributed by atoms with Crippen LogP contribution in [0.15, 0.2) is 30.3 Å². The second-order valence-corrected chi connectivity index (χ2v) is 5.63. The Balaban J connectivity index is 2.52. The molecule has 0 aliphatic carbocycles. The zero-order chi connectivity index (χ0) is 14.2. The molecule has 0 aromatic heterocycles. The molecular weight excluding hydrogens is 230 g/mol. The lowest BCUT2D eigenvalue weighted by molar-refractivity contribution is 0.847. The number of hydrogen-bond donors (Lipinski definition) is 1. The lowest BCUT2D eigenvalue weighted by atomic mass is 9.89. The second-order valence-electron chi connectivity index (χ2n) is 5.63. The lowest BCUT2D eigenvalue weighted by Crippen LogP contribution is -2.15. The topological polar surface area (TPSA) is 26.0 Å². The van der Waals surface area contributed by atoms with Gasteiger partial charge in [-0.2, -0.15) is 0 Å². The molecule has 0 radical (unpaired) electrons. The summed E-state index contributed by atoms with van der Waals surface area (Å²) in [6.07, 6.45) is 0. The van der Waals surface area contributed by atoms with Crippen LogP contribution in [0.2, 0.25) is 0 Å². The Morgan fingerprint density at radius 1 is 0.684 bits per heavy atom. The minimum Gasteiger partial charge on any atom is -0.320 e. The first-order valence-corrected chi connectivity index (χ1v) is 6.80. The zero-order valence-corrected chi connectivity index (χ0v) is 12.5. The van der Waals surface area contributed by atoms with Crippen molar-refractivity contribution in [3.63, 3.8) is 0 Å². The van der Waals surface area contributed by atoms with Gasteiger partial charge in [0, 0.05) is 0 Å². The Morgan fingerprint density at radius 3 is 1.95 bits per heavy atom. The molecule has 2 N–H and O–H groups in total. The normalized spacial score (nSPS) is 12.5. The van der Waals surface area contributed by atoms with Crippen LogP contribution in [0.1, 0.15) is 45.0 Å². The van der Waals surface area contributed by atoms with E-state index in [2.05, 4.69) is 65.0 Å². The molecule has 0 aliphatic rings. The molecule has 2 rings (SSSR count). The Bertz CT molecular complexity index is 611. The van der Waals surface area contributed by atoms with Gasteiger partial charge < -0.3 is 5.73 Å². The van der Waals surface area contributed by atoms with Gasteiger partial charge in [-0.25, -0.2) is 0 Å². The highest BCUT2D eigenvalue weighted by molar-refractivity contribution is 5.44. The van der Waals surface area contributed by atoms with Gasteiger partial charge in [0.2, 0.25) is 0 Å². The molecule has 1 unspecified atom stereocenters. The van der Waals surface area contributed by atoms with Crippen LogP contribution in [0.3, 0.4) is 0 Å². The van der Waals surface area contributed by atoms with Crippen molar-refractivity contribution in [2.75, 3.05) is 0 Å². The molecule has 0 bridgehead atoms. The summed E-state index contributed by atoms with van der Waals surface area (Å²) in [7, 11) is 0. The maximum absolute atomic E-state index is 6.51. The van der Waals surface area contributed by atoms with Crippen LogP contribution in [-0.4, -0.2) is 0 Å². The molecule has 0 spiro atoms. The van der Waals surface area contributed by atoms with Crippen molar-refractivity contribution in [1.29, 1.82) is 0 Å². The summed E-state index contributed by atoms with van der Waals surface area (Å²) in [4.78, 5) is 0. The second kappa shape index (κ2) is 5.18. The highest BCUT2D eigenvalue weighted by atomic mass is 14.6. The predicted molar refractivity (Wildman–Crippen MR) is 82.6 cm³/mol. The summed E-state index contributed by atoms with van der Waals surface area (Å²) >= 11 is 0. The minimum absolute atomic E-state index is 0.0424. The molecule has 1 heteroatoms. The van der Waals surface area contributed by atoms with Crippen LogP contribution < -0.4 is 5.73 Å². The van der Waals surface area contributed by atoms with Crippen LogP contribution >= 0.6 is 0 Å². The Labute approximate surface area is 116 Å². The Kier molecular flexibility index (Phi) is 3.77. The highest BCUT2D eigenvalue weighted by Gasteiger charge is 2.14. The standard InChI is InChI=1S/C18H23N/c1-11-6-7-12(2)16(8-11)18(19)17-10-14(4)13(3)9-15(17)5/h6-10,18H,19H2,1-5H3. The first-order chi connectivity index (χ1) is 8.90. The van der Waals surface area contributed by atoms with Crippen LogP contribution in [0, 0.1) is 34.6 Å². The molecule has 100 valence electrons. The molecule has 1 atom stereocenters. The Morgan fingerprint density at radius 2 is 1.26 bits per heavy atom. The molecule has 1 nitrogen and oxygen atoms in total. The molecule has 2 aromatic rings. The van der Waals surface area contributed by atoms with Gasteiger partial charge >= 0.3 is 0 Å². The average Bonchev–Trinajstić information content (AvgIpc) is 2.36. The van der Waals surface area contributed by atoms with Crippen LogP contribution in [0.4, 0.5) is 0 Å². The third kappa shape index (κ3) is 2.71. The summed E-state index contributed by atoms with van der Waals surface area (Å²) < 4.78 is 0. The van der Waals surface area contributed by atoms with Crippen LogP contribution in [-0.2, 0) is 0 Å². The summed E-state index contributed by atoms with van der Waals surface area (Å²) in [6, 6.07) is 10.9. The Hall–Kier alpha value is -1.60. The molecule has 0 heterocycles. The number of nitrogens with two attached hydrogens (primary N) is 1.